The molecule has 334 valence electrons. The average Bonchev–Trinajstić information content (AvgIpc) is 4.04. The molecule has 0 aliphatic heterocycles. The van der Waals surface area contributed by atoms with Gasteiger partial charge in [-0.1, -0.05) is 196 Å². The third kappa shape index (κ3) is 6.45. The molecule has 1 aliphatic rings. The molecule has 1 aliphatic carbocycles. The van der Waals surface area contributed by atoms with Crippen molar-refractivity contribution < 1.29 is 0 Å². The highest BCUT2D eigenvalue weighted by Gasteiger charge is 2.35. The molecule has 71 heavy (non-hydrogen) atoms. The summed E-state index contributed by atoms with van der Waals surface area (Å²) in [6, 6.07) is 76.1. The molecule has 13 aromatic rings. The Morgan fingerprint density at radius 3 is 1.46 bits per heavy atom. The maximum absolute atomic E-state index is 5.30. The smallest absolute Gasteiger partial charge is 0.238 e. The molecular weight excluding hydrogens is 869 g/mol. The van der Waals surface area contributed by atoms with Gasteiger partial charge in [-0.25, -0.2) is 19.9 Å². The van der Waals surface area contributed by atoms with E-state index in [-0.39, 0.29) is 5.41 Å². The summed E-state index contributed by atoms with van der Waals surface area (Å²) in [5, 5.41) is 4.48. The van der Waals surface area contributed by atoms with Crippen LogP contribution in [0.3, 0.4) is 0 Å². The second-order valence-electron chi connectivity index (χ2n) is 18.7. The minimum atomic E-state index is -0.171. The van der Waals surface area contributed by atoms with Crippen LogP contribution in [0.1, 0.15) is 25.0 Å². The number of para-hydroxylation sites is 2. The number of rotatable bonds is 7. The number of fused-ring (bicyclic) bond motifs is 10. The van der Waals surface area contributed by atoms with Crippen LogP contribution in [0.5, 0.6) is 0 Å². The predicted octanol–water partition coefficient (Wildman–Crippen LogP) is 14.9. The van der Waals surface area contributed by atoms with E-state index in [2.05, 4.69) is 163 Å². The van der Waals surface area contributed by atoms with Crippen LogP contribution in [0.15, 0.2) is 218 Å². The van der Waals surface area contributed by atoms with E-state index in [0.29, 0.717) is 35.1 Å². The first kappa shape index (κ1) is 40.6. The van der Waals surface area contributed by atoms with E-state index in [1.54, 1.807) is 0 Å². The highest BCUT2D eigenvalue weighted by molar-refractivity contribution is 6.26. The van der Waals surface area contributed by atoms with Crippen LogP contribution in [-0.2, 0) is 5.41 Å². The quantitative estimate of drug-likeness (QED) is 0.158. The van der Waals surface area contributed by atoms with Gasteiger partial charge in [0, 0.05) is 60.5 Å². The fourth-order valence-corrected chi connectivity index (χ4v) is 10.9. The molecule has 0 amide bonds. The third-order valence-corrected chi connectivity index (χ3v) is 14.2. The number of nitrogens with zero attached hydrogens (tertiary/aromatic N) is 8. The van der Waals surface area contributed by atoms with Crippen molar-refractivity contribution >= 4 is 43.6 Å². The number of hydrogen-bond acceptors (Lipinski definition) is 6. The fourth-order valence-electron chi connectivity index (χ4n) is 10.9. The summed E-state index contributed by atoms with van der Waals surface area (Å²) >= 11 is 0. The molecule has 0 spiro atoms. The van der Waals surface area contributed by atoms with E-state index in [1.807, 2.05) is 78.9 Å². The van der Waals surface area contributed by atoms with Gasteiger partial charge < -0.3 is 4.57 Å². The minimum absolute atomic E-state index is 0.171. The lowest BCUT2D eigenvalue weighted by molar-refractivity contribution is 0.660. The van der Waals surface area contributed by atoms with Crippen LogP contribution < -0.4 is 0 Å². The van der Waals surface area contributed by atoms with Gasteiger partial charge in [-0.2, -0.15) is 9.97 Å². The van der Waals surface area contributed by atoms with Gasteiger partial charge >= 0.3 is 0 Å². The largest absolute Gasteiger partial charge is 0.309 e. The summed E-state index contributed by atoms with van der Waals surface area (Å²) in [6.07, 6.45) is 0. The molecule has 0 atom stereocenters. The Morgan fingerprint density at radius 1 is 0.324 bits per heavy atom. The molecule has 9 aromatic carbocycles. The van der Waals surface area contributed by atoms with Gasteiger partial charge in [0.25, 0.3) is 0 Å². The van der Waals surface area contributed by atoms with Gasteiger partial charge in [-0.05, 0) is 58.7 Å². The zero-order valence-electron chi connectivity index (χ0n) is 38.9. The van der Waals surface area contributed by atoms with E-state index in [9.17, 15) is 0 Å². The summed E-state index contributed by atoms with van der Waals surface area (Å²) in [4.78, 5) is 31.2. The monoisotopic (exact) mass is 910 g/mol. The predicted molar refractivity (Wildman–Crippen MR) is 287 cm³/mol. The van der Waals surface area contributed by atoms with Crippen LogP contribution in [0.25, 0.3) is 123 Å². The lowest BCUT2D eigenvalue weighted by atomic mass is 9.82. The maximum Gasteiger partial charge on any atom is 0.238 e. The first-order valence-electron chi connectivity index (χ1n) is 24.0. The Balaban J connectivity index is 0.980. The molecular formula is C63H42N8. The first-order valence-corrected chi connectivity index (χ1v) is 24.0. The highest BCUT2D eigenvalue weighted by Crippen LogP contribution is 2.49. The van der Waals surface area contributed by atoms with Crippen molar-refractivity contribution in [3.8, 4) is 79.7 Å². The lowest BCUT2D eigenvalue weighted by Crippen LogP contribution is -2.15. The summed E-state index contributed by atoms with van der Waals surface area (Å²) in [5.41, 5.74) is 14.7. The minimum Gasteiger partial charge on any atom is -0.309 e. The number of hydrogen-bond donors (Lipinski definition) is 0. The van der Waals surface area contributed by atoms with Gasteiger partial charge in [-0.3, -0.25) is 4.57 Å². The van der Waals surface area contributed by atoms with Gasteiger partial charge in [0.05, 0.1) is 22.1 Å². The summed E-state index contributed by atoms with van der Waals surface area (Å²) in [7, 11) is 0. The van der Waals surface area contributed by atoms with Crippen molar-refractivity contribution in [3.05, 3.63) is 230 Å². The van der Waals surface area contributed by atoms with Crippen molar-refractivity contribution in [2.75, 3.05) is 0 Å². The first-order chi connectivity index (χ1) is 35.0. The van der Waals surface area contributed by atoms with Crippen LogP contribution in [0, 0.1) is 0 Å². The van der Waals surface area contributed by atoms with E-state index < -0.39 is 0 Å². The average molecular weight is 911 g/mol. The molecule has 0 saturated heterocycles. The highest BCUT2D eigenvalue weighted by atomic mass is 15.2. The molecule has 0 bridgehead atoms. The van der Waals surface area contributed by atoms with Crippen LogP contribution in [0.4, 0.5) is 0 Å². The summed E-state index contributed by atoms with van der Waals surface area (Å²) in [6.45, 7) is 4.61. The summed E-state index contributed by atoms with van der Waals surface area (Å²) in [5.74, 6) is 3.60. The molecule has 4 aromatic heterocycles. The normalized spacial score (nSPS) is 12.8. The zero-order valence-corrected chi connectivity index (χ0v) is 38.9. The van der Waals surface area contributed by atoms with Gasteiger partial charge in [0.15, 0.2) is 29.1 Å². The maximum atomic E-state index is 5.30. The second kappa shape index (κ2) is 15.8. The molecule has 0 fully saturated rings. The standard InChI is InChI=1S/C63H42N8/c1-63(2)50-30-15-12-27-45(50)46-34-33-43(38-51(46)63)61-65-57(39-19-6-3-7-20-39)64-60(67-61)42-25-18-26-44(37-42)70-52-31-16-13-28-47(52)48-35-36-54-55(56(48)70)49-29-14-17-32-53(49)71(54)62-68-58(40-21-8-4-9-22-40)66-59(69-62)41-23-10-5-11-24-41/h3-38H,1-2H3. The van der Waals surface area contributed by atoms with Crippen molar-refractivity contribution in [1.82, 2.24) is 39.0 Å². The van der Waals surface area contributed by atoms with E-state index >= 15 is 0 Å². The second-order valence-corrected chi connectivity index (χ2v) is 18.7. The number of benzene rings is 9. The third-order valence-electron chi connectivity index (χ3n) is 14.2. The SMILES string of the molecule is CC1(C)c2ccccc2-c2ccc(-c3nc(-c4ccccc4)nc(-c4cccc(-n5c6ccccc6c6ccc7c(c8ccccc8n7-c7nc(-c8ccccc8)nc(-c8ccccc8)n7)c65)c4)n3)cc21. The van der Waals surface area contributed by atoms with Gasteiger partial charge in [-0.15, -0.1) is 0 Å². The molecule has 0 unspecified atom stereocenters. The Kier molecular flexibility index (Phi) is 9.06. The molecule has 14 rings (SSSR count). The van der Waals surface area contributed by atoms with E-state index in [4.69, 9.17) is 29.9 Å². The Labute approximate surface area is 409 Å². The molecule has 8 nitrogen and oxygen atoms in total. The fraction of sp³-hybridized carbons (Fsp3) is 0.0476. The lowest BCUT2D eigenvalue weighted by Gasteiger charge is -2.21. The van der Waals surface area contributed by atoms with Gasteiger partial charge in [0.1, 0.15) is 0 Å². The van der Waals surface area contributed by atoms with Gasteiger partial charge in [0.2, 0.25) is 5.95 Å². The van der Waals surface area contributed by atoms with Crippen LogP contribution in [0.2, 0.25) is 0 Å². The van der Waals surface area contributed by atoms with E-state index in [1.165, 1.54) is 22.3 Å². The van der Waals surface area contributed by atoms with Crippen LogP contribution >= 0.6 is 0 Å². The number of aromatic nitrogens is 8. The van der Waals surface area contributed by atoms with Crippen molar-refractivity contribution in [2.24, 2.45) is 0 Å². The van der Waals surface area contributed by atoms with Crippen molar-refractivity contribution in [2.45, 2.75) is 19.3 Å². The van der Waals surface area contributed by atoms with E-state index in [0.717, 1.165) is 77.1 Å². The molecule has 4 heterocycles. The molecule has 8 heteroatoms. The Hall–Kier alpha value is -9.40. The van der Waals surface area contributed by atoms with Crippen molar-refractivity contribution in [3.63, 3.8) is 0 Å². The Bertz CT molecular complexity index is 4190. The zero-order chi connectivity index (χ0) is 47.2. The van der Waals surface area contributed by atoms with Crippen molar-refractivity contribution in [1.29, 1.82) is 0 Å². The molecule has 0 radical (unpaired) electrons. The Morgan fingerprint density at radius 2 is 0.817 bits per heavy atom. The van der Waals surface area contributed by atoms with Crippen LogP contribution in [-0.4, -0.2) is 39.0 Å². The topological polar surface area (TPSA) is 87.2 Å². The molecule has 0 saturated carbocycles. The summed E-state index contributed by atoms with van der Waals surface area (Å²) < 4.78 is 4.59. The molecule has 0 N–H and O–H groups in total.